The molecule has 5 nitrogen and oxygen atoms in total. The van der Waals surface area contributed by atoms with Crippen LogP contribution in [-0.2, 0) is 5.75 Å². The second-order valence-electron chi connectivity index (χ2n) is 4.79. The molecule has 3 heterocycles. The maximum atomic E-state index is 5.69. The van der Waals surface area contributed by atoms with Crippen molar-refractivity contribution < 1.29 is 8.83 Å². The first kappa shape index (κ1) is 15.6. The first-order valence-corrected chi connectivity index (χ1v) is 9.64. The largest absolute Gasteiger partial charge is 0.444 e. The predicted molar refractivity (Wildman–Crippen MR) is 96.8 cm³/mol. The minimum atomic E-state index is 0.498. The van der Waals surface area contributed by atoms with Gasteiger partial charge in [0, 0.05) is 15.8 Å². The molecule has 3 aromatic heterocycles. The molecule has 0 unspecified atom stereocenters. The van der Waals surface area contributed by atoms with Crippen molar-refractivity contribution in [2.45, 2.75) is 11.0 Å². The van der Waals surface area contributed by atoms with Gasteiger partial charge in [0.25, 0.3) is 5.22 Å². The Kier molecular flexibility index (Phi) is 4.50. The van der Waals surface area contributed by atoms with Gasteiger partial charge in [-0.1, -0.05) is 39.8 Å². The number of nitrogens with zero attached hydrogens (tertiary/aromatic N) is 3. The summed E-state index contributed by atoms with van der Waals surface area (Å²) in [5.74, 6) is 1.74. The molecule has 0 N–H and O–H groups in total. The monoisotopic (exact) mass is 419 g/mol. The Balaban J connectivity index is 1.43. The highest BCUT2D eigenvalue weighted by Gasteiger charge is 2.12. The SMILES string of the molecule is Brc1cccc(-c2nnc(SCc3coc(-c4cccs4)n3)o2)c1. The van der Waals surface area contributed by atoms with Gasteiger partial charge in [-0.3, -0.25) is 0 Å². The van der Waals surface area contributed by atoms with E-state index < -0.39 is 0 Å². The summed E-state index contributed by atoms with van der Waals surface area (Å²) in [6.45, 7) is 0. The van der Waals surface area contributed by atoms with E-state index in [1.54, 1.807) is 17.6 Å². The van der Waals surface area contributed by atoms with Gasteiger partial charge in [0.15, 0.2) is 0 Å². The maximum Gasteiger partial charge on any atom is 0.277 e. The summed E-state index contributed by atoms with van der Waals surface area (Å²) in [6, 6.07) is 11.7. The zero-order chi connectivity index (χ0) is 16.4. The summed E-state index contributed by atoms with van der Waals surface area (Å²) in [5.41, 5.74) is 1.72. The summed E-state index contributed by atoms with van der Waals surface area (Å²) in [7, 11) is 0. The lowest BCUT2D eigenvalue weighted by Crippen LogP contribution is -1.81. The van der Waals surface area contributed by atoms with Crippen LogP contribution in [-0.4, -0.2) is 15.2 Å². The number of oxazole rings is 1. The molecule has 0 aliphatic carbocycles. The highest BCUT2D eigenvalue weighted by molar-refractivity contribution is 9.10. The van der Waals surface area contributed by atoms with E-state index in [9.17, 15) is 0 Å². The molecule has 120 valence electrons. The Bertz CT molecular complexity index is 950. The molecule has 8 heteroatoms. The summed E-state index contributed by atoms with van der Waals surface area (Å²) < 4.78 is 12.2. The van der Waals surface area contributed by atoms with Crippen LogP contribution in [0.3, 0.4) is 0 Å². The van der Waals surface area contributed by atoms with Crippen molar-refractivity contribution in [2.75, 3.05) is 0 Å². The Hall–Kier alpha value is -1.90. The molecule has 0 bridgehead atoms. The molecule has 4 aromatic rings. The lowest BCUT2D eigenvalue weighted by Gasteiger charge is -1.95. The minimum absolute atomic E-state index is 0.498. The lowest BCUT2D eigenvalue weighted by atomic mass is 10.2. The average molecular weight is 420 g/mol. The first-order chi connectivity index (χ1) is 11.8. The lowest BCUT2D eigenvalue weighted by molar-refractivity contribution is 0.466. The van der Waals surface area contributed by atoms with E-state index in [4.69, 9.17) is 8.83 Å². The molecule has 0 spiro atoms. The second-order valence-corrected chi connectivity index (χ2v) is 7.58. The normalized spacial score (nSPS) is 11.0. The van der Waals surface area contributed by atoms with Crippen molar-refractivity contribution in [1.82, 2.24) is 15.2 Å². The van der Waals surface area contributed by atoms with Crippen LogP contribution in [0, 0.1) is 0 Å². The molecule has 4 rings (SSSR count). The molecule has 0 saturated carbocycles. The Morgan fingerprint density at radius 2 is 2.08 bits per heavy atom. The van der Waals surface area contributed by atoms with E-state index in [0.29, 0.717) is 22.8 Å². The van der Waals surface area contributed by atoms with Gasteiger partial charge >= 0.3 is 0 Å². The molecule has 24 heavy (non-hydrogen) atoms. The minimum Gasteiger partial charge on any atom is -0.444 e. The van der Waals surface area contributed by atoms with Crippen LogP contribution >= 0.6 is 39.0 Å². The number of hydrogen-bond donors (Lipinski definition) is 0. The highest BCUT2D eigenvalue weighted by Crippen LogP contribution is 2.28. The third kappa shape index (κ3) is 3.45. The van der Waals surface area contributed by atoms with Gasteiger partial charge < -0.3 is 8.83 Å². The van der Waals surface area contributed by atoms with E-state index in [2.05, 4.69) is 31.1 Å². The zero-order valence-corrected chi connectivity index (χ0v) is 15.4. The molecule has 1 aromatic carbocycles. The van der Waals surface area contributed by atoms with Crippen LogP contribution in [0.5, 0.6) is 0 Å². The van der Waals surface area contributed by atoms with Gasteiger partial charge in [-0.2, -0.15) is 0 Å². The third-order valence-corrected chi connectivity index (χ3v) is 5.31. The molecule has 0 aliphatic heterocycles. The van der Waals surface area contributed by atoms with E-state index in [1.807, 2.05) is 41.8 Å². The van der Waals surface area contributed by atoms with E-state index in [-0.39, 0.29) is 0 Å². The van der Waals surface area contributed by atoms with E-state index in [0.717, 1.165) is 20.6 Å². The quantitative estimate of drug-likeness (QED) is 0.397. The molecule has 0 fully saturated rings. The fourth-order valence-corrected chi connectivity index (χ4v) is 3.72. The van der Waals surface area contributed by atoms with E-state index >= 15 is 0 Å². The van der Waals surface area contributed by atoms with Crippen LogP contribution in [0.15, 0.2) is 66.6 Å². The highest BCUT2D eigenvalue weighted by atomic mass is 79.9. The third-order valence-electron chi connectivity index (χ3n) is 3.11. The molecular weight excluding hydrogens is 410 g/mol. The summed E-state index contributed by atoms with van der Waals surface area (Å²) in [6.07, 6.45) is 1.66. The summed E-state index contributed by atoms with van der Waals surface area (Å²) in [5, 5.41) is 10.7. The Labute approximate surface area is 154 Å². The van der Waals surface area contributed by atoms with Gasteiger partial charge in [-0.25, -0.2) is 4.98 Å². The van der Waals surface area contributed by atoms with Gasteiger partial charge in [0.05, 0.1) is 10.6 Å². The fourth-order valence-electron chi connectivity index (χ4n) is 2.03. The average Bonchev–Trinajstić information content (AvgIpc) is 3.33. The van der Waals surface area contributed by atoms with Crippen molar-refractivity contribution >= 4 is 39.0 Å². The zero-order valence-electron chi connectivity index (χ0n) is 12.2. The smallest absolute Gasteiger partial charge is 0.277 e. The van der Waals surface area contributed by atoms with Crippen molar-refractivity contribution in [3.05, 3.63) is 58.2 Å². The van der Waals surface area contributed by atoms with Crippen LogP contribution in [0.25, 0.3) is 22.2 Å². The van der Waals surface area contributed by atoms with Crippen LogP contribution < -0.4 is 0 Å². The summed E-state index contributed by atoms with van der Waals surface area (Å²) in [4.78, 5) is 5.49. The number of hydrogen-bond acceptors (Lipinski definition) is 7. The topological polar surface area (TPSA) is 65.0 Å². The van der Waals surface area contributed by atoms with Crippen molar-refractivity contribution in [3.63, 3.8) is 0 Å². The van der Waals surface area contributed by atoms with Gasteiger partial charge in [0.1, 0.15) is 6.26 Å². The Morgan fingerprint density at radius 1 is 1.12 bits per heavy atom. The standard InChI is InChI=1S/C16H10BrN3O2S2/c17-11-4-1-3-10(7-11)14-19-20-16(22-14)24-9-12-8-21-15(18-12)13-5-2-6-23-13/h1-8H,9H2. The predicted octanol–water partition coefficient (Wildman–Crippen LogP) is 5.51. The maximum absolute atomic E-state index is 5.69. The van der Waals surface area contributed by atoms with Crippen molar-refractivity contribution in [2.24, 2.45) is 0 Å². The number of benzene rings is 1. The summed E-state index contributed by atoms with van der Waals surface area (Å²) >= 11 is 6.46. The number of thioether (sulfide) groups is 1. The van der Waals surface area contributed by atoms with Crippen LogP contribution in [0.4, 0.5) is 0 Å². The first-order valence-electron chi connectivity index (χ1n) is 6.98. The van der Waals surface area contributed by atoms with Gasteiger partial charge in [-0.15, -0.1) is 21.5 Å². The van der Waals surface area contributed by atoms with Crippen molar-refractivity contribution in [1.29, 1.82) is 0 Å². The van der Waals surface area contributed by atoms with Crippen LogP contribution in [0.1, 0.15) is 5.69 Å². The fraction of sp³-hybridized carbons (Fsp3) is 0.0625. The number of halogens is 1. The van der Waals surface area contributed by atoms with Crippen LogP contribution in [0.2, 0.25) is 0 Å². The number of aromatic nitrogens is 3. The molecule has 0 aliphatic rings. The van der Waals surface area contributed by atoms with Gasteiger partial charge in [-0.05, 0) is 29.6 Å². The van der Waals surface area contributed by atoms with E-state index in [1.165, 1.54) is 11.8 Å². The van der Waals surface area contributed by atoms with Gasteiger partial charge in [0.2, 0.25) is 11.8 Å². The number of thiophene rings is 1. The Morgan fingerprint density at radius 3 is 2.92 bits per heavy atom. The molecular formula is C16H10BrN3O2S2. The number of rotatable bonds is 5. The second kappa shape index (κ2) is 6.92. The van der Waals surface area contributed by atoms with Crippen molar-refractivity contribution in [3.8, 4) is 22.2 Å². The molecule has 0 amide bonds. The molecule has 0 radical (unpaired) electrons. The molecule has 0 saturated heterocycles. The molecule has 0 atom stereocenters.